The molecule has 0 spiro atoms. The van der Waals surface area contributed by atoms with Gasteiger partial charge >= 0.3 is 5.97 Å². The Bertz CT molecular complexity index is 672. The number of hydrogen-bond donors (Lipinski definition) is 2. The number of hydrogen-bond acceptors (Lipinski definition) is 4. The van der Waals surface area contributed by atoms with E-state index in [1.807, 2.05) is 34.6 Å². The number of ether oxygens (including phenoxy) is 1. The lowest BCUT2D eigenvalue weighted by Gasteiger charge is -2.23. The minimum atomic E-state index is -0.482. The van der Waals surface area contributed by atoms with Gasteiger partial charge in [-0.15, -0.1) is 0 Å². The van der Waals surface area contributed by atoms with Gasteiger partial charge in [-0.1, -0.05) is 20.8 Å². The molecule has 2 N–H and O–H groups in total. The number of carbonyl (C=O) groups excluding carboxylic acids is 2. The lowest BCUT2D eigenvalue weighted by molar-refractivity contribution is -0.142. The van der Waals surface area contributed by atoms with Crippen molar-refractivity contribution in [2.45, 2.75) is 54.4 Å². The molecule has 24 heavy (non-hydrogen) atoms. The Balaban J connectivity index is 2.48. The van der Waals surface area contributed by atoms with Crippen molar-refractivity contribution in [3.8, 4) is 0 Å². The van der Waals surface area contributed by atoms with Gasteiger partial charge in [0.15, 0.2) is 0 Å². The molecule has 0 atom stereocenters. The summed E-state index contributed by atoms with van der Waals surface area (Å²) >= 11 is 0. The summed E-state index contributed by atoms with van der Waals surface area (Å²) in [6, 6.07) is 0. The maximum absolute atomic E-state index is 12.5. The number of rotatable bonds is 4. The molecule has 1 heterocycles. The van der Waals surface area contributed by atoms with E-state index >= 15 is 0 Å². The van der Waals surface area contributed by atoms with Crippen LogP contribution in [0.15, 0.2) is 0 Å². The van der Waals surface area contributed by atoms with E-state index in [9.17, 15) is 9.59 Å². The number of anilines is 2. The predicted octanol–water partition coefficient (Wildman–Crippen LogP) is 3.36. The van der Waals surface area contributed by atoms with Crippen LogP contribution in [0.25, 0.3) is 0 Å². The molecule has 1 amide bonds. The smallest absolute Gasteiger partial charge is 0.310 e. The molecule has 0 radical (unpaired) electrons. The second kappa shape index (κ2) is 6.83. The molecule has 2 rings (SSSR count). The third kappa shape index (κ3) is 3.55. The zero-order valence-electron chi connectivity index (χ0n) is 15.6. The van der Waals surface area contributed by atoms with Crippen LogP contribution in [0.3, 0.4) is 0 Å². The fourth-order valence-electron chi connectivity index (χ4n) is 3.04. The Kier molecular flexibility index (Phi) is 5.21. The van der Waals surface area contributed by atoms with Crippen LogP contribution in [0, 0.1) is 19.3 Å². The summed E-state index contributed by atoms with van der Waals surface area (Å²) in [5.41, 5.74) is 5.51. The maximum Gasteiger partial charge on any atom is 0.310 e. The molecule has 0 aromatic heterocycles. The highest BCUT2D eigenvalue weighted by Gasteiger charge is 2.28. The van der Waals surface area contributed by atoms with Crippen LogP contribution in [-0.4, -0.2) is 25.0 Å². The zero-order valence-corrected chi connectivity index (χ0v) is 15.6. The molecule has 0 fully saturated rings. The van der Waals surface area contributed by atoms with Gasteiger partial charge in [0.1, 0.15) is 0 Å². The quantitative estimate of drug-likeness (QED) is 0.830. The lowest BCUT2D eigenvalue weighted by Crippen LogP contribution is -2.28. The zero-order chi connectivity index (χ0) is 18.1. The molecule has 1 aliphatic rings. The van der Waals surface area contributed by atoms with Crippen molar-refractivity contribution in [3.05, 3.63) is 22.3 Å². The predicted molar refractivity (Wildman–Crippen MR) is 96.5 cm³/mol. The van der Waals surface area contributed by atoms with Crippen LogP contribution >= 0.6 is 0 Å². The van der Waals surface area contributed by atoms with Gasteiger partial charge in [0.2, 0.25) is 5.91 Å². The molecule has 0 bridgehead atoms. The number of carbonyl (C=O) groups is 2. The molecule has 132 valence electrons. The number of fused-ring (bicyclic) bond motifs is 1. The van der Waals surface area contributed by atoms with E-state index < -0.39 is 5.41 Å². The van der Waals surface area contributed by atoms with E-state index in [0.717, 1.165) is 41.0 Å². The average Bonchev–Trinajstić information content (AvgIpc) is 2.96. The summed E-state index contributed by atoms with van der Waals surface area (Å²) in [5.74, 6) is -0.268. The van der Waals surface area contributed by atoms with Crippen LogP contribution in [-0.2, 0) is 27.2 Å². The van der Waals surface area contributed by atoms with E-state index in [1.165, 1.54) is 5.56 Å². The third-order valence-corrected chi connectivity index (χ3v) is 4.51. The highest BCUT2D eigenvalue weighted by Crippen LogP contribution is 2.40. The standard InChI is InChI=1S/C19H28N2O3/c1-7-24-15(22)10-14-11(2)13-8-9-20-17(13)16(12(14)3)21-18(23)19(4,5)6/h20H,7-10H2,1-6H3,(H,21,23). The minimum absolute atomic E-state index is 0.0348. The van der Waals surface area contributed by atoms with Gasteiger partial charge in [-0.05, 0) is 49.4 Å². The van der Waals surface area contributed by atoms with E-state index in [0.29, 0.717) is 6.61 Å². The molecular formula is C19H28N2O3. The highest BCUT2D eigenvalue weighted by molar-refractivity contribution is 6.00. The van der Waals surface area contributed by atoms with Crippen LogP contribution in [0.4, 0.5) is 11.4 Å². The summed E-state index contributed by atoms with van der Waals surface area (Å²) in [7, 11) is 0. The number of nitrogens with one attached hydrogen (secondary N) is 2. The Morgan fingerprint density at radius 2 is 1.88 bits per heavy atom. The van der Waals surface area contributed by atoms with Gasteiger partial charge in [0.05, 0.1) is 24.4 Å². The maximum atomic E-state index is 12.5. The fraction of sp³-hybridized carbons (Fsp3) is 0.579. The van der Waals surface area contributed by atoms with E-state index in [2.05, 4.69) is 10.6 Å². The van der Waals surface area contributed by atoms with E-state index in [1.54, 1.807) is 6.92 Å². The first-order valence-electron chi connectivity index (χ1n) is 8.52. The molecule has 5 nitrogen and oxygen atoms in total. The molecule has 0 saturated carbocycles. The molecule has 0 unspecified atom stereocenters. The fourth-order valence-corrected chi connectivity index (χ4v) is 3.04. The third-order valence-electron chi connectivity index (χ3n) is 4.51. The highest BCUT2D eigenvalue weighted by atomic mass is 16.5. The van der Waals surface area contributed by atoms with Crippen LogP contribution in [0.2, 0.25) is 0 Å². The van der Waals surface area contributed by atoms with Gasteiger partial charge in [-0.25, -0.2) is 0 Å². The van der Waals surface area contributed by atoms with Gasteiger partial charge in [-0.2, -0.15) is 0 Å². The van der Waals surface area contributed by atoms with Crippen molar-refractivity contribution in [3.63, 3.8) is 0 Å². The largest absolute Gasteiger partial charge is 0.466 e. The Hall–Kier alpha value is -2.04. The molecular weight excluding hydrogens is 304 g/mol. The number of amides is 1. The van der Waals surface area contributed by atoms with Crippen molar-refractivity contribution in [1.29, 1.82) is 0 Å². The number of esters is 1. The van der Waals surface area contributed by atoms with E-state index in [4.69, 9.17) is 4.74 Å². The normalized spacial score (nSPS) is 13.2. The Morgan fingerprint density at radius 3 is 2.46 bits per heavy atom. The second-order valence-electron chi connectivity index (χ2n) is 7.32. The van der Waals surface area contributed by atoms with Crippen molar-refractivity contribution in [2.75, 3.05) is 23.8 Å². The summed E-state index contributed by atoms with van der Waals surface area (Å²) in [4.78, 5) is 24.5. The van der Waals surface area contributed by atoms with Gasteiger partial charge in [-0.3, -0.25) is 9.59 Å². The first-order valence-corrected chi connectivity index (χ1v) is 8.52. The van der Waals surface area contributed by atoms with E-state index in [-0.39, 0.29) is 18.3 Å². The molecule has 0 aliphatic carbocycles. The Morgan fingerprint density at radius 1 is 1.21 bits per heavy atom. The summed E-state index contributed by atoms with van der Waals surface area (Å²) in [6.07, 6.45) is 1.13. The van der Waals surface area contributed by atoms with Crippen LogP contribution in [0.5, 0.6) is 0 Å². The minimum Gasteiger partial charge on any atom is -0.466 e. The van der Waals surface area contributed by atoms with Gasteiger partial charge in [0.25, 0.3) is 0 Å². The topological polar surface area (TPSA) is 67.4 Å². The lowest BCUT2D eigenvalue weighted by atomic mass is 9.90. The van der Waals surface area contributed by atoms with Gasteiger partial charge in [0, 0.05) is 12.0 Å². The molecule has 0 saturated heterocycles. The Labute approximate surface area is 144 Å². The monoisotopic (exact) mass is 332 g/mol. The molecule has 1 aromatic rings. The summed E-state index contributed by atoms with van der Waals surface area (Å²) < 4.78 is 5.11. The van der Waals surface area contributed by atoms with Crippen molar-refractivity contribution in [1.82, 2.24) is 0 Å². The van der Waals surface area contributed by atoms with Crippen molar-refractivity contribution >= 4 is 23.3 Å². The van der Waals surface area contributed by atoms with Crippen molar-refractivity contribution < 1.29 is 14.3 Å². The van der Waals surface area contributed by atoms with Crippen LogP contribution in [0.1, 0.15) is 49.9 Å². The summed E-state index contributed by atoms with van der Waals surface area (Å²) in [6.45, 7) is 12.7. The van der Waals surface area contributed by atoms with Crippen molar-refractivity contribution in [2.24, 2.45) is 5.41 Å². The first-order chi connectivity index (χ1) is 11.2. The first kappa shape index (κ1) is 18.3. The second-order valence-corrected chi connectivity index (χ2v) is 7.32. The van der Waals surface area contributed by atoms with Crippen LogP contribution < -0.4 is 10.6 Å². The molecule has 5 heteroatoms. The molecule has 1 aromatic carbocycles. The SMILES string of the molecule is CCOC(=O)Cc1c(C)c2c(c(NC(=O)C(C)(C)C)c1C)NCC2. The molecule has 1 aliphatic heterocycles. The summed E-state index contributed by atoms with van der Waals surface area (Å²) in [5, 5.41) is 6.45. The van der Waals surface area contributed by atoms with Gasteiger partial charge < -0.3 is 15.4 Å². The number of benzene rings is 1. The average molecular weight is 332 g/mol.